The minimum atomic E-state index is -0.0515. The zero-order chi connectivity index (χ0) is 39.5. The molecule has 3 aliphatic rings. The Balaban J connectivity index is 1.31. The molecule has 0 heterocycles. The third-order valence-electron chi connectivity index (χ3n) is 14.7. The van der Waals surface area contributed by atoms with E-state index in [-0.39, 0.29) is 10.8 Å². The Morgan fingerprint density at radius 1 is 0.561 bits per heavy atom. The zero-order valence-corrected chi connectivity index (χ0v) is 35.2. The molecular weight excluding hydrogens is 685 g/mol. The van der Waals surface area contributed by atoms with E-state index < -0.39 is 0 Å². The van der Waals surface area contributed by atoms with Crippen LogP contribution >= 0.6 is 0 Å². The van der Waals surface area contributed by atoms with Gasteiger partial charge in [-0.1, -0.05) is 186 Å². The summed E-state index contributed by atoms with van der Waals surface area (Å²) in [5.41, 5.74) is 18.0. The van der Waals surface area contributed by atoms with Crippen molar-refractivity contribution in [1.29, 1.82) is 0 Å². The lowest BCUT2D eigenvalue weighted by Crippen LogP contribution is -2.44. The van der Waals surface area contributed by atoms with Crippen molar-refractivity contribution in [2.24, 2.45) is 17.3 Å². The van der Waals surface area contributed by atoms with E-state index in [0.717, 1.165) is 38.5 Å². The summed E-state index contributed by atoms with van der Waals surface area (Å²) in [6.45, 7) is 17.0. The van der Waals surface area contributed by atoms with E-state index in [4.69, 9.17) is 0 Å². The minimum Gasteiger partial charge on any atom is -0.0836 e. The average Bonchev–Trinajstić information content (AvgIpc) is 3.24. The monoisotopic (exact) mass is 742 g/mol. The third-order valence-corrected chi connectivity index (χ3v) is 14.7. The van der Waals surface area contributed by atoms with Crippen LogP contribution in [0.3, 0.4) is 0 Å². The molecule has 0 aliphatic heterocycles. The molecule has 2 atom stereocenters. The molecule has 0 aromatic heterocycles. The first-order chi connectivity index (χ1) is 27.7. The summed E-state index contributed by atoms with van der Waals surface area (Å²) in [4.78, 5) is 0. The molecular formula is C57H58. The molecule has 6 aromatic carbocycles. The van der Waals surface area contributed by atoms with Crippen LogP contribution in [0.2, 0.25) is 0 Å². The second-order valence-corrected chi connectivity index (χ2v) is 17.8. The van der Waals surface area contributed by atoms with Crippen molar-refractivity contribution in [3.05, 3.63) is 166 Å². The van der Waals surface area contributed by atoms with Gasteiger partial charge in [0.1, 0.15) is 0 Å². The van der Waals surface area contributed by atoms with Crippen molar-refractivity contribution in [3.63, 3.8) is 0 Å². The van der Waals surface area contributed by atoms with Crippen molar-refractivity contribution < 1.29 is 0 Å². The zero-order valence-electron chi connectivity index (χ0n) is 35.2. The Morgan fingerprint density at radius 2 is 1.14 bits per heavy atom. The van der Waals surface area contributed by atoms with E-state index in [1.54, 1.807) is 5.57 Å². The molecule has 286 valence electrons. The summed E-state index contributed by atoms with van der Waals surface area (Å²) in [6, 6.07) is 40.1. The van der Waals surface area contributed by atoms with Crippen molar-refractivity contribution in [2.45, 2.75) is 92.4 Å². The predicted molar refractivity (Wildman–Crippen MR) is 249 cm³/mol. The smallest absolute Gasteiger partial charge is 0.00364 e. The molecule has 0 nitrogen and oxygen atoms in total. The van der Waals surface area contributed by atoms with E-state index in [2.05, 4.69) is 188 Å². The molecule has 57 heavy (non-hydrogen) atoms. The lowest BCUT2D eigenvalue weighted by atomic mass is 9.53. The van der Waals surface area contributed by atoms with Crippen molar-refractivity contribution in [3.8, 4) is 33.4 Å². The normalized spacial score (nSPS) is 18.0. The summed E-state index contributed by atoms with van der Waals surface area (Å²) in [6.07, 6.45) is 21.1. The van der Waals surface area contributed by atoms with Gasteiger partial charge in [-0.25, -0.2) is 0 Å². The highest BCUT2D eigenvalue weighted by molar-refractivity contribution is 6.22. The van der Waals surface area contributed by atoms with Crippen LogP contribution in [-0.2, 0) is 18.3 Å². The molecule has 0 amide bonds. The molecule has 0 N–H and O–H groups in total. The number of allylic oxidation sites excluding steroid dienone is 6. The second-order valence-electron chi connectivity index (χ2n) is 17.8. The summed E-state index contributed by atoms with van der Waals surface area (Å²) < 4.78 is 0. The summed E-state index contributed by atoms with van der Waals surface area (Å²) >= 11 is 0. The first-order valence-corrected chi connectivity index (χ1v) is 21.7. The summed E-state index contributed by atoms with van der Waals surface area (Å²) in [7, 11) is 0. The third kappa shape index (κ3) is 6.02. The maximum atomic E-state index is 2.64. The Labute approximate surface area is 341 Å². The van der Waals surface area contributed by atoms with Crippen molar-refractivity contribution in [1.82, 2.24) is 0 Å². The first kappa shape index (κ1) is 37.4. The topological polar surface area (TPSA) is 0 Å². The predicted octanol–water partition coefficient (Wildman–Crippen LogP) is 16.2. The summed E-state index contributed by atoms with van der Waals surface area (Å²) in [5, 5.41) is 5.32. The number of rotatable bonds is 8. The van der Waals surface area contributed by atoms with Gasteiger partial charge in [-0.05, 0) is 152 Å². The van der Waals surface area contributed by atoms with Crippen molar-refractivity contribution in [2.75, 3.05) is 0 Å². The number of fused-ring (bicyclic) bond motifs is 4. The van der Waals surface area contributed by atoms with Gasteiger partial charge in [0.2, 0.25) is 0 Å². The lowest BCUT2D eigenvalue weighted by molar-refractivity contribution is 0.175. The van der Waals surface area contributed by atoms with Gasteiger partial charge in [0.25, 0.3) is 0 Å². The van der Waals surface area contributed by atoms with Gasteiger partial charge in [0, 0.05) is 5.41 Å². The van der Waals surface area contributed by atoms with Gasteiger partial charge in [0.15, 0.2) is 0 Å². The maximum absolute atomic E-state index is 2.64. The first-order valence-electron chi connectivity index (χ1n) is 21.7. The molecule has 2 unspecified atom stereocenters. The second kappa shape index (κ2) is 14.6. The summed E-state index contributed by atoms with van der Waals surface area (Å²) in [5.74, 6) is 0.884. The Bertz CT molecular complexity index is 2650. The fraction of sp³-hybridized carbons (Fsp3) is 0.298. The van der Waals surface area contributed by atoms with Crippen LogP contribution in [0.5, 0.6) is 0 Å². The van der Waals surface area contributed by atoms with E-state index in [9.17, 15) is 0 Å². The molecule has 0 fully saturated rings. The van der Waals surface area contributed by atoms with Gasteiger partial charge in [-0.3, -0.25) is 0 Å². The lowest BCUT2D eigenvalue weighted by Gasteiger charge is -2.51. The van der Waals surface area contributed by atoms with E-state index in [0.29, 0.717) is 11.8 Å². The van der Waals surface area contributed by atoms with Crippen LogP contribution in [0.25, 0.3) is 67.1 Å². The highest BCUT2D eigenvalue weighted by Gasteiger charge is 2.47. The highest BCUT2D eigenvalue weighted by Crippen LogP contribution is 2.56. The SMILES string of the molecule is CCC(CC)(c1ccc2c(-c3ccc(-c4cccc5c4C=CCC5)cc3)c3ccccc3c(-c3cccc4c3C=CCC4)c2c1)C(C)(C)C1=CC(C)C(C)=CC1C. The molecule has 0 radical (unpaired) electrons. The molecule has 3 aliphatic carbocycles. The molecule has 0 saturated carbocycles. The molecule has 0 bridgehead atoms. The van der Waals surface area contributed by atoms with Gasteiger partial charge in [-0.2, -0.15) is 0 Å². The number of benzene rings is 6. The fourth-order valence-electron chi connectivity index (χ4n) is 11.4. The van der Waals surface area contributed by atoms with E-state index in [1.807, 2.05) is 0 Å². The van der Waals surface area contributed by atoms with Gasteiger partial charge >= 0.3 is 0 Å². The Morgan fingerprint density at radius 3 is 1.79 bits per heavy atom. The van der Waals surface area contributed by atoms with E-state index >= 15 is 0 Å². The number of hydrogen-bond acceptors (Lipinski definition) is 0. The van der Waals surface area contributed by atoms with Crippen LogP contribution in [0, 0.1) is 17.3 Å². The maximum Gasteiger partial charge on any atom is 0.00364 e. The number of hydrogen-bond donors (Lipinski definition) is 0. The molecule has 0 spiro atoms. The van der Waals surface area contributed by atoms with Gasteiger partial charge < -0.3 is 0 Å². The largest absolute Gasteiger partial charge is 0.0836 e. The fourth-order valence-corrected chi connectivity index (χ4v) is 11.4. The minimum absolute atomic E-state index is 0.0504. The average molecular weight is 743 g/mol. The van der Waals surface area contributed by atoms with Crippen LogP contribution in [0.15, 0.2) is 139 Å². The van der Waals surface area contributed by atoms with E-state index in [1.165, 1.54) is 88.3 Å². The molecule has 6 aromatic rings. The van der Waals surface area contributed by atoms with Crippen LogP contribution in [0.4, 0.5) is 0 Å². The molecule has 0 heteroatoms. The van der Waals surface area contributed by atoms with Gasteiger partial charge in [-0.15, -0.1) is 0 Å². The Hall–Kier alpha value is -5.20. The van der Waals surface area contributed by atoms with Crippen LogP contribution < -0.4 is 0 Å². The standard InChI is InChI=1S/C57H58/c1-8-57(9-2,56(6,7)53-35-38(4)37(3)34-39(53)5)44-32-33-51-52(36-44)55(48-27-17-21-41-19-11-13-23-47(41)48)50-25-15-14-24-49(50)54(51)43-30-28-42(29-31-43)46-26-16-20-40-18-10-12-22-45(40)46/h12-17,20-36,38-39H,8-11,18-19H2,1-7H3. The molecule has 0 saturated heterocycles. The van der Waals surface area contributed by atoms with Gasteiger partial charge in [0.05, 0.1) is 0 Å². The molecule has 9 rings (SSSR count). The number of aryl methyl sites for hydroxylation is 2. The van der Waals surface area contributed by atoms with Crippen LogP contribution in [0.1, 0.15) is 102 Å². The highest BCUT2D eigenvalue weighted by atomic mass is 14.5. The van der Waals surface area contributed by atoms with Crippen LogP contribution in [-0.4, -0.2) is 0 Å². The van der Waals surface area contributed by atoms with Crippen molar-refractivity contribution >= 4 is 33.7 Å². The Kier molecular flexibility index (Phi) is 9.59. The quantitative estimate of drug-likeness (QED) is 0.108.